The predicted molar refractivity (Wildman–Crippen MR) is 78.4 cm³/mol. The molecule has 4 nitrogen and oxygen atoms in total. The third kappa shape index (κ3) is 2.60. The Bertz CT molecular complexity index is 661. The van der Waals surface area contributed by atoms with E-state index >= 15 is 0 Å². The average molecular weight is 264 g/mol. The fraction of sp³-hybridized carbons (Fsp3) is 0.125. The maximum atomic E-state index is 6.31. The molecular weight excluding hydrogens is 248 g/mol. The summed E-state index contributed by atoms with van der Waals surface area (Å²) in [4.78, 5) is 4.32. The van der Waals surface area contributed by atoms with E-state index in [1.807, 2.05) is 59.3 Å². The van der Waals surface area contributed by atoms with E-state index in [0.29, 0.717) is 6.42 Å². The Morgan fingerprint density at radius 1 is 0.950 bits per heavy atom. The van der Waals surface area contributed by atoms with Gasteiger partial charge in [-0.3, -0.25) is 4.98 Å². The average Bonchev–Trinajstić information content (AvgIpc) is 2.99. The van der Waals surface area contributed by atoms with E-state index < -0.39 is 0 Å². The third-order valence-electron chi connectivity index (χ3n) is 3.21. The number of rotatable bonds is 4. The Kier molecular flexibility index (Phi) is 3.56. The zero-order chi connectivity index (χ0) is 13.8. The van der Waals surface area contributed by atoms with Crippen LogP contribution in [-0.2, 0) is 6.42 Å². The molecule has 0 spiro atoms. The summed E-state index contributed by atoms with van der Waals surface area (Å²) in [5.41, 5.74) is 9.30. The van der Waals surface area contributed by atoms with E-state index in [9.17, 15) is 0 Å². The maximum Gasteiger partial charge on any atom is 0.0649 e. The fourth-order valence-corrected chi connectivity index (χ4v) is 2.23. The number of aromatic nitrogens is 3. The molecule has 0 bridgehead atoms. The lowest BCUT2D eigenvalue weighted by Crippen LogP contribution is -2.18. The summed E-state index contributed by atoms with van der Waals surface area (Å²) in [6.45, 7) is 0. The summed E-state index contributed by atoms with van der Waals surface area (Å²) in [6.07, 6.45) is 4.26. The van der Waals surface area contributed by atoms with Crippen LogP contribution in [0.25, 0.3) is 5.69 Å². The molecule has 20 heavy (non-hydrogen) atoms. The number of nitrogens with zero attached hydrogens (tertiary/aromatic N) is 3. The van der Waals surface area contributed by atoms with Crippen molar-refractivity contribution in [1.82, 2.24) is 14.8 Å². The molecular formula is C16H16N4. The zero-order valence-electron chi connectivity index (χ0n) is 11.1. The highest BCUT2D eigenvalue weighted by Gasteiger charge is 2.14. The van der Waals surface area contributed by atoms with Crippen molar-refractivity contribution in [3.05, 3.63) is 78.4 Å². The van der Waals surface area contributed by atoms with Crippen LogP contribution in [0, 0.1) is 0 Å². The normalized spacial score (nSPS) is 12.2. The van der Waals surface area contributed by atoms with E-state index in [4.69, 9.17) is 5.73 Å². The molecule has 0 saturated carbocycles. The van der Waals surface area contributed by atoms with Gasteiger partial charge in [0.25, 0.3) is 0 Å². The van der Waals surface area contributed by atoms with Crippen molar-refractivity contribution in [2.24, 2.45) is 5.73 Å². The van der Waals surface area contributed by atoms with Crippen molar-refractivity contribution in [3.63, 3.8) is 0 Å². The molecule has 2 N–H and O–H groups in total. The SMILES string of the molecule is NC(Cc1ccccn1)c1ccnn1-c1ccccc1. The minimum atomic E-state index is -0.132. The molecule has 0 aliphatic rings. The third-order valence-corrected chi connectivity index (χ3v) is 3.21. The minimum Gasteiger partial charge on any atom is -0.322 e. The molecule has 0 amide bonds. The van der Waals surface area contributed by atoms with Gasteiger partial charge in [0.15, 0.2) is 0 Å². The van der Waals surface area contributed by atoms with E-state index in [0.717, 1.165) is 17.1 Å². The van der Waals surface area contributed by atoms with Crippen LogP contribution in [0.4, 0.5) is 0 Å². The van der Waals surface area contributed by atoms with Gasteiger partial charge >= 0.3 is 0 Å². The second-order valence-electron chi connectivity index (χ2n) is 4.64. The first-order valence-corrected chi connectivity index (χ1v) is 6.59. The lowest BCUT2D eigenvalue weighted by molar-refractivity contribution is 0.646. The standard InChI is InChI=1S/C16H16N4/c17-15(12-13-6-4-5-10-18-13)16-9-11-19-20(16)14-7-2-1-3-8-14/h1-11,15H,12,17H2. The summed E-state index contributed by atoms with van der Waals surface area (Å²) >= 11 is 0. The first-order valence-electron chi connectivity index (χ1n) is 6.59. The molecule has 100 valence electrons. The van der Waals surface area contributed by atoms with Crippen LogP contribution in [0.1, 0.15) is 17.4 Å². The zero-order valence-corrected chi connectivity index (χ0v) is 11.1. The van der Waals surface area contributed by atoms with Crippen molar-refractivity contribution < 1.29 is 0 Å². The fourth-order valence-electron chi connectivity index (χ4n) is 2.23. The highest BCUT2D eigenvalue weighted by Crippen LogP contribution is 2.18. The second kappa shape index (κ2) is 5.67. The van der Waals surface area contributed by atoms with Gasteiger partial charge in [0.2, 0.25) is 0 Å². The summed E-state index contributed by atoms with van der Waals surface area (Å²) in [6, 6.07) is 17.7. The molecule has 0 aliphatic heterocycles. The molecule has 4 heteroatoms. The van der Waals surface area contributed by atoms with Crippen molar-refractivity contribution >= 4 is 0 Å². The Labute approximate surface area is 117 Å². The van der Waals surface area contributed by atoms with Gasteiger partial charge in [-0.05, 0) is 30.3 Å². The lowest BCUT2D eigenvalue weighted by atomic mass is 10.1. The lowest BCUT2D eigenvalue weighted by Gasteiger charge is -2.14. The number of para-hydroxylation sites is 1. The molecule has 0 aliphatic carbocycles. The molecule has 3 aromatic rings. The summed E-state index contributed by atoms with van der Waals surface area (Å²) in [5.74, 6) is 0. The van der Waals surface area contributed by atoms with Gasteiger partial charge < -0.3 is 5.73 Å². The van der Waals surface area contributed by atoms with E-state index in [1.54, 1.807) is 12.4 Å². The van der Waals surface area contributed by atoms with Gasteiger partial charge in [-0.25, -0.2) is 4.68 Å². The molecule has 1 unspecified atom stereocenters. The van der Waals surface area contributed by atoms with E-state index in [-0.39, 0.29) is 6.04 Å². The first-order chi connectivity index (χ1) is 9.84. The van der Waals surface area contributed by atoms with Crippen LogP contribution in [0.5, 0.6) is 0 Å². The van der Waals surface area contributed by atoms with Gasteiger partial charge in [0.1, 0.15) is 0 Å². The highest BCUT2D eigenvalue weighted by molar-refractivity contribution is 5.33. The number of hydrogen-bond acceptors (Lipinski definition) is 3. The van der Waals surface area contributed by atoms with Crippen LogP contribution in [0.3, 0.4) is 0 Å². The maximum absolute atomic E-state index is 6.31. The number of hydrogen-bond donors (Lipinski definition) is 1. The Balaban J connectivity index is 1.86. The van der Waals surface area contributed by atoms with Crippen LogP contribution in [-0.4, -0.2) is 14.8 Å². The molecule has 1 atom stereocenters. The van der Waals surface area contributed by atoms with Crippen LogP contribution in [0.2, 0.25) is 0 Å². The minimum absolute atomic E-state index is 0.132. The molecule has 0 radical (unpaired) electrons. The summed E-state index contributed by atoms with van der Waals surface area (Å²) in [7, 11) is 0. The van der Waals surface area contributed by atoms with E-state index in [1.165, 1.54) is 0 Å². The molecule has 2 heterocycles. The van der Waals surface area contributed by atoms with E-state index in [2.05, 4.69) is 10.1 Å². The van der Waals surface area contributed by atoms with Crippen molar-refractivity contribution in [1.29, 1.82) is 0 Å². The van der Waals surface area contributed by atoms with Gasteiger partial charge in [-0.15, -0.1) is 0 Å². The van der Waals surface area contributed by atoms with Gasteiger partial charge in [0.05, 0.1) is 17.4 Å². The molecule has 2 aromatic heterocycles. The topological polar surface area (TPSA) is 56.7 Å². The molecule has 0 saturated heterocycles. The van der Waals surface area contributed by atoms with Crippen LogP contribution in [0.15, 0.2) is 67.0 Å². The largest absolute Gasteiger partial charge is 0.322 e. The predicted octanol–water partition coefficient (Wildman–Crippen LogP) is 2.51. The highest BCUT2D eigenvalue weighted by atomic mass is 15.3. The number of nitrogens with two attached hydrogens (primary N) is 1. The van der Waals surface area contributed by atoms with Gasteiger partial charge in [-0.2, -0.15) is 5.10 Å². The monoisotopic (exact) mass is 264 g/mol. The van der Waals surface area contributed by atoms with Crippen molar-refractivity contribution in [3.8, 4) is 5.69 Å². The van der Waals surface area contributed by atoms with Crippen molar-refractivity contribution in [2.45, 2.75) is 12.5 Å². The number of benzene rings is 1. The Morgan fingerprint density at radius 3 is 2.50 bits per heavy atom. The smallest absolute Gasteiger partial charge is 0.0649 e. The summed E-state index contributed by atoms with van der Waals surface area (Å²) in [5, 5.41) is 4.37. The second-order valence-corrected chi connectivity index (χ2v) is 4.64. The quantitative estimate of drug-likeness (QED) is 0.787. The molecule has 1 aromatic carbocycles. The summed E-state index contributed by atoms with van der Waals surface area (Å²) < 4.78 is 1.88. The van der Waals surface area contributed by atoms with Gasteiger partial charge in [-0.1, -0.05) is 24.3 Å². The van der Waals surface area contributed by atoms with Crippen LogP contribution >= 0.6 is 0 Å². The number of pyridine rings is 1. The Morgan fingerprint density at radius 2 is 1.75 bits per heavy atom. The first kappa shape index (κ1) is 12.6. The molecule has 0 fully saturated rings. The van der Waals surface area contributed by atoms with Crippen molar-refractivity contribution in [2.75, 3.05) is 0 Å². The van der Waals surface area contributed by atoms with Crippen LogP contribution < -0.4 is 5.73 Å². The Hall–Kier alpha value is -2.46. The van der Waals surface area contributed by atoms with Gasteiger partial charge in [0, 0.05) is 24.5 Å². The molecule has 3 rings (SSSR count).